The van der Waals surface area contributed by atoms with Gasteiger partial charge in [-0.25, -0.2) is 0 Å². The van der Waals surface area contributed by atoms with Crippen molar-refractivity contribution in [2.75, 3.05) is 44.0 Å². The highest BCUT2D eigenvalue weighted by Gasteiger charge is 2.44. The molecule has 2 aromatic rings. The number of carbonyl (C=O) groups excluding carboxylic acids is 1. The number of para-hydroxylation sites is 2. The molecule has 1 aromatic carbocycles. The number of carbonyl (C=O) groups is 1. The van der Waals surface area contributed by atoms with Crippen molar-refractivity contribution in [3.63, 3.8) is 0 Å². The number of anilines is 2. The Labute approximate surface area is 169 Å². The second-order valence-corrected chi connectivity index (χ2v) is 8.11. The van der Waals surface area contributed by atoms with Crippen molar-refractivity contribution in [2.24, 2.45) is 4.99 Å². The quantitative estimate of drug-likeness (QED) is 0.759. The molecular formula is C21H26N4O2S. The molecule has 1 atom stereocenters. The molecular weight excluding hydrogens is 372 g/mol. The van der Waals surface area contributed by atoms with E-state index in [1.807, 2.05) is 39.9 Å². The molecule has 148 valence electrons. The minimum Gasteiger partial charge on any atom is -0.383 e. The molecule has 7 heteroatoms. The van der Waals surface area contributed by atoms with Gasteiger partial charge < -0.3 is 20.3 Å². The highest BCUT2D eigenvalue weighted by molar-refractivity contribution is 7.08. The third-order valence-corrected chi connectivity index (χ3v) is 6.09. The lowest BCUT2D eigenvalue weighted by molar-refractivity contribution is -0.131. The van der Waals surface area contributed by atoms with Crippen LogP contribution in [-0.2, 0) is 16.0 Å². The Bertz CT molecular complexity index is 852. The molecule has 2 N–H and O–H groups in total. The van der Waals surface area contributed by atoms with Crippen molar-refractivity contribution in [2.45, 2.75) is 24.8 Å². The number of amides is 1. The molecule has 2 aliphatic heterocycles. The predicted octanol–water partition coefficient (Wildman–Crippen LogP) is 3.23. The Kier molecular flexibility index (Phi) is 5.64. The normalized spacial score (nSPS) is 22.6. The number of piperidine rings is 1. The highest BCUT2D eigenvalue weighted by atomic mass is 32.1. The van der Waals surface area contributed by atoms with Gasteiger partial charge >= 0.3 is 0 Å². The molecule has 1 amide bonds. The highest BCUT2D eigenvalue weighted by Crippen LogP contribution is 2.36. The Morgan fingerprint density at radius 3 is 2.96 bits per heavy atom. The van der Waals surface area contributed by atoms with Crippen LogP contribution in [0.2, 0.25) is 0 Å². The monoisotopic (exact) mass is 398 g/mol. The summed E-state index contributed by atoms with van der Waals surface area (Å²) < 4.78 is 5.18. The van der Waals surface area contributed by atoms with E-state index in [-0.39, 0.29) is 11.4 Å². The van der Waals surface area contributed by atoms with Crippen LogP contribution >= 0.6 is 11.3 Å². The number of nitrogens with one attached hydrogen (secondary N) is 2. The van der Waals surface area contributed by atoms with E-state index in [1.54, 1.807) is 18.4 Å². The van der Waals surface area contributed by atoms with Crippen LogP contribution in [0.5, 0.6) is 0 Å². The van der Waals surface area contributed by atoms with Crippen LogP contribution in [0.3, 0.4) is 0 Å². The first kappa shape index (κ1) is 19.0. The second-order valence-electron chi connectivity index (χ2n) is 7.33. The fourth-order valence-corrected chi connectivity index (χ4v) is 4.62. The number of likely N-dealkylation sites (tertiary alicyclic amines) is 1. The maximum atomic E-state index is 12.9. The van der Waals surface area contributed by atoms with Gasteiger partial charge in [0.15, 0.2) is 0 Å². The number of hydrogen-bond acceptors (Lipinski definition) is 5. The molecule has 0 unspecified atom stereocenters. The van der Waals surface area contributed by atoms with Gasteiger partial charge in [-0.3, -0.25) is 9.79 Å². The molecule has 1 saturated heterocycles. The van der Waals surface area contributed by atoms with Crippen LogP contribution in [0.1, 0.15) is 18.4 Å². The zero-order chi connectivity index (χ0) is 19.4. The molecule has 0 saturated carbocycles. The van der Waals surface area contributed by atoms with Gasteiger partial charge in [-0.2, -0.15) is 11.3 Å². The van der Waals surface area contributed by atoms with Crippen molar-refractivity contribution in [3.8, 4) is 0 Å². The lowest BCUT2D eigenvalue weighted by atomic mass is 9.85. The number of benzene rings is 1. The number of methoxy groups -OCH3 is 1. The van der Waals surface area contributed by atoms with Gasteiger partial charge in [0.05, 0.1) is 37.5 Å². The summed E-state index contributed by atoms with van der Waals surface area (Å²) in [7, 11) is 1.68. The van der Waals surface area contributed by atoms with Gasteiger partial charge in [0, 0.05) is 13.7 Å². The molecule has 1 spiro atoms. The Hall–Kier alpha value is -2.38. The van der Waals surface area contributed by atoms with E-state index in [1.165, 1.54) is 0 Å². The van der Waals surface area contributed by atoms with Crippen LogP contribution in [0.15, 0.2) is 46.1 Å². The van der Waals surface area contributed by atoms with Crippen molar-refractivity contribution < 1.29 is 9.53 Å². The van der Waals surface area contributed by atoms with Crippen molar-refractivity contribution in [3.05, 3.63) is 46.7 Å². The van der Waals surface area contributed by atoms with Crippen molar-refractivity contribution in [1.82, 2.24) is 4.90 Å². The molecule has 1 aromatic heterocycles. The first-order chi connectivity index (χ1) is 13.7. The number of amidine groups is 1. The Morgan fingerprint density at radius 2 is 2.18 bits per heavy atom. The third kappa shape index (κ3) is 3.91. The summed E-state index contributed by atoms with van der Waals surface area (Å²) >= 11 is 1.63. The van der Waals surface area contributed by atoms with Crippen LogP contribution < -0.4 is 10.6 Å². The van der Waals surface area contributed by atoms with Gasteiger partial charge in [0.1, 0.15) is 11.4 Å². The summed E-state index contributed by atoms with van der Waals surface area (Å²) in [6, 6.07) is 10.2. The zero-order valence-corrected chi connectivity index (χ0v) is 16.9. The van der Waals surface area contributed by atoms with E-state index in [4.69, 9.17) is 9.73 Å². The van der Waals surface area contributed by atoms with Gasteiger partial charge in [0.2, 0.25) is 5.91 Å². The fraction of sp³-hybridized carbons (Fsp3) is 0.429. The molecule has 28 heavy (non-hydrogen) atoms. The van der Waals surface area contributed by atoms with E-state index in [2.05, 4.69) is 16.7 Å². The van der Waals surface area contributed by atoms with Crippen LogP contribution in [0, 0.1) is 0 Å². The topological polar surface area (TPSA) is 66.0 Å². The van der Waals surface area contributed by atoms with Gasteiger partial charge in [-0.05, 0) is 47.4 Å². The number of ether oxygens (including phenoxy) is 1. The van der Waals surface area contributed by atoms with Gasteiger partial charge in [-0.15, -0.1) is 0 Å². The number of aliphatic imine (C=N–C) groups is 1. The summed E-state index contributed by atoms with van der Waals surface area (Å²) in [5, 5.41) is 11.3. The summed E-state index contributed by atoms with van der Waals surface area (Å²) in [5.41, 5.74) is 2.78. The summed E-state index contributed by atoms with van der Waals surface area (Å²) in [6.07, 6.45) is 2.33. The van der Waals surface area contributed by atoms with Crippen LogP contribution in [-0.4, -0.2) is 55.5 Å². The summed E-state index contributed by atoms with van der Waals surface area (Å²) in [4.78, 5) is 19.7. The second kappa shape index (κ2) is 8.32. The minimum atomic E-state index is -0.384. The molecule has 0 aliphatic carbocycles. The maximum absolute atomic E-state index is 12.9. The number of nitrogens with zero attached hydrogens (tertiary/aromatic N) is 2. The lowest BCUT2D eigenvalue weighted by Gasteiger charge is -2.47. The first-order valence-corrected chi connectivity index (χ1v) is 10.6. The van der Waals surface area contributed by atoms with E-state index in [9.17, 15) is 4.79 Å². The Morgan fingerprint density at radius 1 is 1.32 bits per heavy atom. The van der Waals surface area contributed by atoms with E-state index in [0.717, 1.165) is 42.2 Å². The average molecular weight is 399 g/mol. The zero-order valence-electron chi connectivity index (χ0n) is 16.1. The number of hydrogen-bond donors (Lipinski definition) is 2. The van der Waals surface area contributed by atoms with E-state index < -0.39 is 0 Å². The third-order valence-electron chi connectivity index (χ3n) is 5.35. The number of fused-ring (bicyclic) bond motifs is 1. The molecule has 0 bridgehead atoms. The van der Waals surface area contributed by atoms with Gasteiger partial charge in [0.25, 0.3) is 0 Å². The summed E-state index contributed by atoms with van der Waals surface area (Å²) in [6.45, 7) is 2.57. The average Bonchev–Trinajstić information content (AvgIpc) is 3.22. The van der Waals surface area contributed by atoms with Crippen molar-refractivity contribution >= 4 is 34.5 Å². The smallest absolute Gasteiger partial charge is 0.227 e. The van der Waals surface area contributed by atoms with E-state index in [0.29, 0.717) is 26.1 Å². The molecule has 2 aliphatic rings. The first-order valence-electron chi connectivity index (χ1n) is 9.67. The number of rotatable bonds is 5. The van der Waals surface area contributed by atoms with Crippen LogP contribution in [0.4, 0.5) is 11.4 Å². The summed E-state index contributed by atoms with van der Waals surface area (Å²) in [5.74, 6) is 1.07. The maximum Gasteiger partial charge on any atom is 0.227 e. The van der Waals surface area contributed by atoms with Gasteiger partial charge in [-0.1, -0.05) is 12.1 Å². The van der Waals surface area contributed by atoms with Crippen molar-refractivity contribution in [1.29, 1.82) is 0 Å². The number of thiophene rings is 1. The fourth-order valence-electron chi connectivity index (χ4n) is 3.95. The largest absolute Gasteiger partial charge is 0.383 e. The SMILES string of the molecule is COCCN=C1Nc2ccccc2N[C@]12CCCN(C(=O)Cc1ccsc1)C2. The molecule has 1 fully saturated rings. The standard InChI is InChI=1S/C21H26N4O2S/c1-27-11-9-22-20-21(24-18-6-3-2-5-17(18)23-20)8-4-10-25(15-21)19(26)13-16-7-12-28-14-16/h2-3,5-7,12,14,24H,4,8-11,13,15H2,1H3,(H,22,23)/t21-/m0/s1. The van der Waals surface area contributed by atoms with E-state index >= 15 is 0 Å². The predicted molar refractivity (Wildman–Crippen MR) is 114 cm³/mol. The minimum absolute atomic E-state index is 0.175. The van der Waals surface area contributed by atoms with Crippen LogP contribution in [0.25, 0.3) is 0 Å². The Balaban J connectivity index is 1.58. The molecule has 3 heterocycles. The molecule has 4 rings (SSSR count). The molecule has 6 nitrogen and oxygen atoms in total. The lowest BCUT2D eigenvalue weighted by Crippen LogP contribution is -2.62. The molecule has 0 radical (unpaired) electrons.